The molecule has 0 unspecified atom stereocenters. The van der Waals surface area contributed by atoms with Gasteiger partial charge in [-0.2, -0.15) is 0 Å². The first-order valence-corrected chi connectivity index (χ1v) is 9.79. The average molecular weight is 435 g/mol. The van der Waals surface area contributed by atoms with Gasteiger partial charge in [0.15, 0.2) is 0 Å². The molecule has 0 aliphatic carbocycles. The van der Waals surface area contributed by atoms with Crippen molar-refractivity contribution in [2.24, 2.45) is 0 Å². The van der Waals surface area contributed by atoms with Crippen LogP contribution in [0.5, 0.6) is 0 Å². The summed E-state index contributed by atoms with van der Waals surface area (Å²) < 4.78 is 13.6. The third-order valence-electron chi connectivity index (χ3n) is 4.83. The quantitative estimate of drug-likeness (QED) is 0.476. The molecule has 1 fully saturated rings. The van der Waals surface area contributed by atoms with Crippen molar-refractivity contribution in [3.05, 3.63) is 106 Å². The molecule has 4 rings (SSSR count). The molecule has 1 N–H and O–H groups in total. The Morgan fingerprint density at radius 3 is 2.42 bits per heavy atom. The van der Waals surface area contributed by atoms with Gasteiger partial charge in [-0.3, -0.25) is 14.9 Å². The van der Waals surface area contributed by atoms with Crippen molar-refractivity contribution in [2.45, 2.75) is 6.42 Å². The van der Waals surface area contributed by atoms with Crippen LogP contribution in [0.4, 0.5) is 14.9 Å². The molecule has 0 aromatic heterocycles. The zero-order chi connectivity index (χ0) is 22.0. The molecule has 31 heavy (non-hydrogen) atoms. The number of urea groups is 1. The topological polar surface area (TPSA) is 66.5 Å². The van der Waals surface area contributed by atoms with Crippen LogP contribution in [0, 0.1) is 5.82 Å². The molecule has 1 saturated heterocycles. The van der Waals surface area contributed by atoms with E-state index in [1.54, 1.807) is 36.4 Å². The van der Waals surface area contributed by atoms with Gasteiger partial charge >= 0.3 is 6.03 Å². The molecule has 3 aromatic carbocycles. The van der Waals surface area contributed by atoms with Gasteiger partial charge in [0.2, 0.25) is 0 Å². The van der Waals surface area contributed by atoms with Crippen LogP contribution in [0.2, 0.25) is 5.02 Å². The number of carbonyl (C=O) groups excluding carboxylic acids is 3. The minimum Gasteiger partial charge on any atom is -0.273 e. The van der Waals surface area contributed by atoms with Crippen LogP contribution in [0.1, 0.15) is 16.7 Å². The largest absolute Gasteiger partial charge is 0.335 e. The molecule has 1 aliphatic rings. The minimum atomic E-state index is -0.831. The van der Waals surface area contributed by atoms with Crippen molar-refractivity contribution in [1.82, 2.24) is 5.32 Å². The molecule has 0 saturated carbocycles. The summed E-state index contributed by atoms with van der Waals surface area (Å²) in [5, 5.41) is 2.65. The van der Waals surface area contributed by atoms with Gasteiger partial charge < -0.3 is 0 Å². The fourth-order valence-corrected chi connectivity index (χ4v) is 3.47. The Balaban J connectivity index is 1.70. The third-order valence-corrected chi connectivity index (χ3v) is 5.08. The van der Waals surface area contributed by atoms with E-state index < -0.39 is 17.8 Å². The second-order valence-electron chi connectivity index (χ2n) is 6.94. The zero-order valence-electron chi connectivity index (χ0n) is 16.1. The number of nitrogens with one attached hydrogen (secondary N) is 1. The van der Waals surface area contributed by atoms with Gasteiger partial charge in [-0.25, -0.2) is 14.1 Å². The summed E-state index contributed by atoms with van der Waals surface area (Å²) in [6.45, 7) is 0. The lowest BCUT2D eigenvalue weighted by Crippen LogP contribution is -2.54. The van der Waals surface area contributed by atoms with Gasteiger partial charge in [0.25, 0.3) is 11.8 Å². The third kappa shape index (κ3) is 4.39. The summed E-state index contributed by atoms with van der Waals surface area (Å²) in [5.74, 6) is -1.86. The summed E-state index contributed by atoms with van der Waals surface area (Å²) >= 11 is 5.88. The number of imide groups is 2. The summed E-state index contributed by atoms with van der Waals surface area (Å²) in [6.07, 6.45) is 1.86. The Morgan fingerprint density at radius 2 is 1.68 bits per heavy atom. The minimum absolute atomic E-state index is 0.179. The van der Waals surface area contributed by atoms with E-state index in [2.05, 4.69) is 5.32 Å². The molecule has 0 radical (unpaired) electrons. The first kappa shape index (κ1) is 20.5. The summed E-state index contributed by atoms with van der Waals surface area (Å²) in [6, 6.07) is 18.7. The van der Waals surface area contributed by atoms with Gasteiger partial charge in [-0.05, 0) is 65.6 Å². The Hall–Kier alpha value is -3.77. The van der Waals surface area contributed by atoms with Crippen LogP contribution in [-0.2, 0) is 16.0 Å². The average Bonchev–Trinajstić information content (AvgIpc) is 2.73. The van der Waals surface area contributed by atoms with Crippen molar-refractivity contribution < 1.29 is 18.8 Å². The monoisotopic (exact) mass is 434 g/mol. The lowest BCUT2D eigenvalue weighted by atomic mass is 9.97. The van der Waals surface area contributed by atoms with E-state index in [1.807, 2.05) is 12.1 Å². The maximum atomic E-state index is 13.6. The van der Waals surface area contributed by atoms with Gasteiger partial charge in [0, 0.05) is 5.02 Å². The molecule has 5 nitrogen and oxygen atoms in total. The smallest absolute Gasteiger partial charge is 0.273 e. The molecule has 1 heterocycles. The van der Waals surface area contributed by atoms with Crippen LogP contribution in [0.25, 0.3) is 6.08 Å². The maximum Gasteiger partial charge on any atom is 0.335 e. The van der Waals surface area contributed by atoms with Crippen molar-refractivity contribution in [2.75, 3.05) is 4.90 Å². The van der Waals surface area contributed by atoms with Crippen LogP contribution < -0.4 is 10.2 Å². The first-order valence-electron chi connectivity index (χ1n) is 9.42. The van der Waals surface area contributed by atoms with E-state index in [0.29, 0.717) is 22.7 Å². The highest BCUT2D eigenvalue weighted by molar-refractivity contribution is 6.39. The number of anilines is 1. The van der Waals surface area contributed by atoms with E-state index in [1.165, 1.54) is 30.3 Å². The summed E-state index contributed by atoms with van der Waals surface area (Å²) in [5.41, 5.74) is 2.29. The van der Waals surface area contributed by atoms with Gasteiger partial charge in [-0.1, -0.05) is 48.0 Å². The molecule has 0 bridgehead atoms. The van der Waals surface area contributed by atoms with Crippen molar-refractivity contribution in [1.29, 1.82) is 0 Å². The summed E-state index contributed by atoms with van der Waals surface area (Å²) in [7, 11) is 0. The number of barbiturate groups is 1. The first-order chi connectivity index (χ1) is 14.9. The SMILES string of the molecule is O=C1NC(=O)N(c2ccc(Cl)cc2)C(=O)/C1=C/c1ccccc1Cc1cccc(F)c1. The molecule has 0 atom stereocenters. The van der Waals surface area contributed by atoms with Gasteiger partial charge in [-0.15, -0.1) is 0 Å². The second kappa shape index (κ2) is 8.53. The van der Waals surface area contributed by atoms with Crippen LogP contribution in [0.15, 0.2) is 78.4 Å². The molecule has 154 valence electrons. The number of hydrogen-bond donors (Lipinski definition) is 1. The van der Waals surface area contributed by atoms with E-state index in [9.17, 15) is 18.8 Å². The number of benzene rings is 3. The van der Waals surface area contributed by atoms with E-state index >= 15 is 0 Å². The molecular weight excluding hydrogens is 419 g/mol. The number of nitrogens with zero attached hydrogens (tertiary/aromatic N) is 1. The predicted octanol–water partition coefficient (Wildman–Crippen LogP) is 4.74. The van der Waals surface area contributed by atoms with E-state index in [0.717, 1.165) is 16.0 Å². The number of halogens is 2. The normalized spacial score (nSPS) is 15.4. The Bertz CT molecular complexity index is 1220. The molecule has 0 spiro atoms. The van der Waals surface area contributed by atoms with Gasteiger partial charge in [0.1, 0.15) is 11.4 Å². The van der Waals surface area contributed by atoms with Crippen LogP contribution in [0.3, 0.4) is 0 Å². The van der Waals surface area contributed by atoms with E-state index in [4.69, 9.17) is 11.6 Å². The van der Waals surface area contributed by atoms with Crippen molar-refractivity contribution >= 4 is 41.2 Å². The fraction of sp³-hybridized carbons (Fsp3) is 0.0417. The van der Waals surface area contributed by atoms with Crippen molar-refractivity contribution in [3.8, 4) is 0 Å². The van der Waals surface area contributed by atoms with Crippen LogP contribution in [-0.4, -0.2) is 17.8 Å². The highest BCUT2D eigenvalue weighted by atomic mass is 35.5. The number of carbonyl (C=O) groups is 3. The number of amides is 4. The van der Waals surface area contributed by atoms with Crippen LogP contribution >= 0.6 is 11.6 Å². The highest BCUT2D eigenvalue weighted by Gasteiger charge is 2.36. The fourth-order valence-electron chi connectivity index (χ4n) is 3.34. The lowest BCUT2D eigenvalue weighted by Gasteiger charge is -2.26. The zero-order valence-corrected chi connectivity index (χ0v) is 16.9. The predicted molar refractivity (Wildman–Crippen MR) is 116 cm³/mol. The number of rotatable bonds is 4. The standard InChI is InChI=1S/C24H16ClFN2O3/c25-18-8-10-20(11-9-18)28-23(30)21(22(29)27-24(28)31)14-17-6-2-1-5-16(17)12-15-4-3-7-19(26)13-15/h1-11,13-14H,12H2,(H,27,29,31)/b21-14+. The summed E-state index contributed by atoms with van der Waals surface area (Å²) in [4.78, 5) is 38.7. The lowest BCUT2D eigenvalue weighted by molar-refractivity contribution is -0.122. The molecule has 1 aliphatic heterocycles. The Morgan fingerprint density at radius 1 is 0.935 bits per heavy atom. The van der Waals surface area contributed by atoms with Crippen molar-refractivity contribution in [3.63, 3.8) is 0 Å². The Labute approximate surface area is 182 Å². The number of hydrogen-bond acceptors (Lipinski definition) is 3. The molecule has 3 aromatic rings. The molecular formula is C24H16ClFN2O3. The van der Waals surface area contributed by atoms with Gasteiger partial charge in [0.05, 0.1) is 5.69 Å². The maximum absolute atomic E-state index is 13.6. The Kier molecular flexibility index (Phi) is 5.64. The second-order valence-corrected chi connectivity index (χ2v) is 7.38. The van der Waals surface area contributed by atoms with E-state index in [-0.39, 0.29) is 11.4 Å². The molecule has 7 heteroatoms. The highest BCUT2D eigenvalue weighted by Crippen LogP contribution is 2.25. The molecule has 4 amide bonds.